The van der Waals surface area contributed by atoms with Crippen molar-refractivity contribution >= 4 is 75.2 Å². The Morgan fingerprint density at radius 2 is 1.40 bits per heavy atom. The molecule has 26 heteroatoms. The van der Waals surface area contributed by atoms with Gasteiger partial charge in [-0.1, -0.05) is 104 Å². The Morgan fingerprint density at radius 1 is 0.747 bits per heavy atom. The predicted octanol–water partition coefficient (Wildman–Crippen LogP) is 7.53. The zero-order chi connectivity index (χ0) is 66.3. The molecule has 11 atom stereocenters. The lowest BCUT2D eigenvalue weighted by Gasteiger charge is -2.41. The van der Waals surface area contributed by atoms with Crippen LogP contribution in [0, 0.1) is 29.6 Å². The molecule has 8 amide bonds. The molecule has 1 aromatic carbocycles. The SMILES string of the molecule is CC[C@H](C)[C@@H]([C@@H](CC(=O)N1CCC[C@H]1[C@H](OC)[C@@H](C)C(=O)NC(=O)N[C@@H](Cc1ccc(OC(=O)N2CCC(Cn3nnc4c3CSC3CCCCCCCC(C3)SC4)CC2)cc1)C(=O)NS(=O)(=O)C1CC1)OC)N(C)C(=O)[C@@H](NC(=O)C(C(C)C)N(C)C)C(C)C. The van der Waals surface area contributed by atoms with Crippen LogP contribution in [0.25, 0.3) is 0 Å². The molecule has 5 aliphatic rings. The maximum atomic E-state index is 14.5. The first-order valence-corrected chi connectivity index (χ1v) is 36.9. The number of amides is 8. The summed E-state index contributed by atoms with van der Waals surface area (Å²) in [6, 6.07) is 1.41. The quantitative estimate of drug-likeness (QED) is 0.0708. The summed E-state index contributed by atoms with van der Waals surface area (Å²) in [5.74, 6) is -1.57. The van der Waals surface area contributed by atoms with Crippen molar-refractivity contribution in [1.82, 2.24) is 55.3 Å². The summed E-state index contributed by atoms with van der Waals surface area (Å²) >= 11 is 4.14. The van der Waals surface area contributed by atoms with Crippen LogP contribution in [0.5, 0.6) is 5.75 Å². The molecule has 4 heterocycles. The van der Waals surface area contributed by atoms with Crippen LogP contribution in [0.1, 0.15) is 168 Å². The zero-order valence-electron chi connectivity index (χ0n) is 56.0. The second-order valence-electron chi connectivity index (χ2n) is 27.0. The number of thioether (sulfide) groups is 2. The lowest BCUT2D eigenvalue weighted by molar-refractivity contribution is -0.148. The van der Waals surface area contributed by atoms with Gasteiger partial charge in [0.25, 0.3) is 5.91 Å². The van der Waals surface area contributed by atoms with Crippen LogP contribution in [-0.4, -0.2) is 198 Å². The molecule has 2 saturated heterocycles. The van der Waals surface area contributed by atoms with Gasteiger partial charge in [-0.25, -0.2) is 22.7 Å². The molecule has 0 radical (unpaired) electrons. The monoisotopic (exact) mass is 1330 g/mol. The first-order valence-electron chi connectivity index (χ1n) is 33.3. The summed E-state index contributed by atoms with van der Waals surface area (Å²) in [5.41, 5.74) is 2.84. The van der Waals surface area contributed by atoms with E-state index in [4.69, 9.17) is 14.2 Å². The number of ether oxygens (including phenoxy) is 3. The van der Waals surface area contributed by atoms with Crippen molar-refractivity contribution < 1.29 is 56.2 Å². The van der Waals surface area contributed by atoms with Gasteiger partial charge in [-0.2, -0.15) is 23.5 Å². The number of benzene rings is 1. The van der Waals surface area contributed by atoms with E-state index in [-0.39, 0.29) is 54.1 Å². The Bertz CT molecular complexity index is 2860. The Balaban J connectivity index is 0.933. The summed E-state index contributed by atoms with van der Waals surface area (Å²) in [4.78, 5) is 104. The number of carbonyl (C=O) groups is 7. The molecule has 3 aliphatic heterocycles. The smallest absolute Gasteiger partial charge is 0.410 e. The van der Waals surface area contributed by atoms with E-state index in [1.54, 1.807) is 52.9 Å². The number of hydrogen-bond acceptors (Lipinski definition) is 17. The van der Waals surface area contributed by atoms with Crippen LogP contribution >= 0.6 is 23.5 Å². The highest BCUT2D eigenvalue weighted by Crippen LogP contribution is 2.38. The summed E-state index contributed by atoms with van der Waals surface area (Å²) in [5, 5.41) is 17.8. The maximum Gasteiger partial charge on any atom is 0.415 e. The Morgan fingerprint density at radius 3 is 1.99 bits per heavy atom. The molecule has 7 rings (SSSR count). The average Bonchev–Trinajstić information content (AvgIpc) is 1.96. The third-order valence-electron chi connectivity index (χ3n) is 19.3. The van der Waals surface area contributed by atoms with Crippen molar-refractivity contribution in [3.8, 4) is 5.75 Å². The van der Waals surface area contributed by atoms with Gasteiger partial charge >= 0.3 is 12.1 Å². The molecule has 510 valence electrons. The second kappa shape index (κ2) is 34.4. The number of likely N-dealkylation sites (tertiary alicyclic amines) is 2. The minimum atomic E-state index is -4.04. The van der Waals surface area contributed by atoms with Crippen LogP contribution in [0.3, 0.4) is 0 Å². The highest BCUT2D eigenvalue weighted by atomic mass is 32.2. The summed E-state index contributed by atoms with van der Waals surface area (Å²) < 4.78 is 48.1. The van der Waals surface area contributed by atoms with E-state index >= 15 is 0 Å². The van der Waals surface area contributed by atoms with Crippen LogP contribution in [-0.2, 0) is 67.9 Å². The number of aromatic nitrogens is 3. The van der Waals surface area contributed by atoms with E-state index in [0.29, 0.717) is 73.7 Å². The zero-order valence-corrected chi connectivity index (χ0v) is 58.4. The van der Waals surface area contributed by atoms with E-state index in [9.17, 15) is 42.0 Å². The van der Waals surface area contributed by atoms with Crippen molar-refractivity contribution in [2.45, 2.75) is 234 Å². The number of nitrogens with one attached hydrogen (secondary N) is 4. The fraction of sp³-hybridized carbons (Fsp3) is 0.769. The second-order valence-corrected chi connectivity index (χ2v) is 31.5. The van der Waals surface area contributed by atoms with E-state index in [0.717, 1.165) is 36.6 Å². The Kier molecular flexibility index (Phi) is 27.7. The summed E-state index contributed by atoms with van der Waals surface area (Å²) in [7, 11) is 4.24. The number of piperidine rings is 1. The van der Waals surface area contributed by atoms with Crippen molar-refractivity contribution in [1.29, 1.82) is 0 Å². The normalized spacial score (nSPS) is 22.2. The fourth-order valence-corrected chi connectivity index (χ4v) is 17.8. The van der Waals surface area contributed by atoms with Gasteiger partial charge in [0.05, 0.1) is 59.3 Å². The lowest BCUT2D eigenvalue weighted by atomic mass is 9.89. The highest BCUT2D eigenvalue weighted by molar-refractivity contribution is 8.00. The molecule has 23 nitrogen and oxygen atoms in total. The number of rotatable bonds is 26. The molecule has 91 heavy (non-hydrogen) atoms. The predicted molar refractivity (Wildman–Crippen MR) is 353 cm³/mol. The number of carbonyl (C=O) groups excluding carboxylic acids is 7. The van der Waals surface area contributed by atoms with Crippen molar-refractivity contribution in [3.63, 3.8) is 0 Å². The van der Waals surface area contributed by atoms with Gasteiger partial charge in [0.1, 0.15) is 17.8 Å². The minimum absolute atomic E-state index is 0.00877. The van der Waals surface area contributed by atoms with E-state index in [2.05, 4.69) is 59.2 Å². The number of methoxy groups -OCH3 is 2. The molecular formula is C65H105N11O12S3. The minimum Gasteiger partial charge on any atom is -0.410 e. The third-order valence-corrected chi connectivity index (χ3v) is 23.8. The molecule has 4 fully saturated rings. The molecule has 0 spiro atoms. The number of nitrogens with zero attached hydrogens (tertiary/aromatic N) is 7. The van der Waals surface area contributed by atoms with E-state index in [1.165, 1.54) is 71.3 Å². The van der Waals surface area contributed by atoms with Gasteiger partial charge in [0.15, 0.2) is 0 Å². The largest absolute Gasteiger partial charge is 0.415 e. The van der Waals surface area contributed by atoms with Crippen molar-refractivity contribution in [3.05, 3.63) is 41.2 Å². The fourth-order valence-electron chi connectivity index (χ4n) is 13.6. The molecule has 1 aromatic heterocycles. The van der Waals surface area contributed by atoms with Gasteiger partial charge in [-0.15, -0.1) is 5.10 Å². The van der Waals surface area contributed by atoms with E-state index in [1.807, 2.05) is 60.5 Å². The Hall–Kier alpha value is -5.02. The Labute approximate surface area is 549 Å². The molecule has 2 aromatic rings. The standard InChI is InChI=1S/C65H105N11O12S3/c1-13-42(6)58(73(10)63(81)56(40(2)3)67-62(80)57(41(4)5)72(8)9)54(86-11)36-55(77)75-31-19-22-52(75)59(87-12)43(7)60(78)68-64(82)66-50(61(79)70-91(84,85)49-27-28-49)34-44-23-25-46(26-24-44)88-65(83)74-32-29-45(30-33-74)37-76-53-39-90-48-21-18-16-14-15-17-20-47(35-48)89-38-51(53)69-71-76/h23-26,40-43,45,47-50,52,54,56-59H,13-22,27-39H2,1-12H3,(H,67,80)(H,70,79)(H2,66,68,78,82)/t42-,43+,47?,48?,50-,52-,54+,56-,57?,58-,59+/m0/s1. The van der Waals surface area contributed by atoms with Crippen LogP contribution in [0.4, 0.5) is 9.59 Å². The number of hydrogen-bond donors (Lipinski definition) is 4. The van der Waals surface area contributed by atoms with Gasteiger partial charge in [0.2, 0.25) is 33.7 Å². The van der Waals surface area contributed by atoms with E-state index < -0.39 is 87.5 Å². The van der Waals surface area contributed by atoms with Crippen LogP contribution in [0.15, 0.2) is 24.3 Å². The average molecular weight is 1330 g/mol. The molecule has 2 bridgehead atoms. The lowest BCUT2D eigenvalue weighted by Crippen LogP contribution is -2.59. The van der Waals surface area contributed by atoms with Crippen LogP contribution < -0.4 is 25.4 Å². The first-order chi connectivity index (χ1) is 43.3. The molecular weight excluding hydrogens is 1220 g/mol. The highest BCUT2D eigenvalue weighted by Gasteiger charge is 2.44. The number of urea groups is 1. The molecule has 2 saturated carbocycles. The van der Waals surface area contributed by atoms with Crippen molar-refractivity contribution in [2.75, 3.05) is 55.0 Å². The maximum absolute atomic E-state index is 14.5. The molecule has 2 aliphatic carbocycles. The van der Waals surface area contributed by atoms with Gasteiger partial charge in [0, 0.05) is 75.9 Å². The number of sulfonamides is 1. The van der Waals surface area contributed by atoms with Crippen LogP contribution in [0.2, 0.25) is 0 Å². The topological polar surface area (TPSA) is 273 Å². The summed E-state index contributed by atoms with van der Waals surface area (Å²) in [6.45, 7) is 15.4. The first kappa shape index (κ1) is 73.4. The van der Waals surface area contributed by atoms with Gasteiger partial charge < -0.3 is 39.5 Å². The van der Waals surface area contributed by atoms with Gasteiger partial charge in [-0.05, 0) is 113 Å². The number of likely N-dealkylation sites (N-methyl/N-ethyl adjacent to an activating group) is 2. The number of imide groups is 1. The molecule has 3 unspecified atom stereocenters. The molecule has 4 N–H and O–H groups in total. The van der Waals surface area contributed by atoms with Crippen molar-refractivity contribution in [2.24, 2.45) is 29.6 Å². The van der Waals surface area contributed by atoms with Gasteiger partial charge in [-0.3, -0.25) is 38.9 Å². The third kappa shape index (κ3) is 20.3. The number of fused-ring (bicyclic) bond motifs is 3. The summed E-state index contributed by atoms with van der Waals surface area (Å²) in [6.07, 6.45) is 12.1.